The van der Waals surface area contributed by atoms with Gasteiger partial charge in [-0.3, -0.25) is 0 Å². The van der Waals surface area contributed by atoms with Crippen molar-refractivity contribution in [3.05, 3.63) is 54.0 Å². The second-order valence-corrected chi connectivity index (χ2v) is 6.14. The minimum atomic E-state index is -0.354. The number of halogens is 1. The van der Waals surface area contributed by atoms with E-state index in [-0.39, 0.29) is 17.7 Å². The molecular formula is C19H18FN5O. The monoisotopic (exact) mass is 351 g/mol. The first-order chi connectivity index (χ1) is 12.6. The zero-order valence-corrected chi connectivity index (χ0v) is 14.1. The number of aliphatic imine (C=N–C) groups is 2. The number of benzene rings is 2. The van der Waals surface area contributed by atoms with Gasteiger partial charge in [-0.15, -0.1) is 0 Å². The lowest BCUT2D eigenvalue weighted by Crippen LogP contribution is -2.26. The fourth-order valence-electron chi connectivity index (χ4n) is 2.93. The Hall–Kier alpha value is -3.35. The van der Waals surface area contributed by atoms with E-state index >= 15 is 0 Å². The number of aromatic nitrogens is 1. The molecule has 0 amide bonds. The van der Waals surface area contributed by atoms with Gasteiger partial charge in [0.2, 0.25) is 5.96 Å². The van der Waals surface area contributed by atoms with Crippen LogP contribution in [0.2, 0.25) is 0 Å². The number of rotatable bonds is 3. The summed E-state index contributed by atoms with van der Waals surface area (Å²) in [6.45, 7) is 1.89. The minimum Gasteiger partial charge on any atom is -0.506 e. The largest absolute Gasteiger partial charge is 0.506 e. The summed E-state index contributed by atoms with van der Waals surface area (Å²) in [4.78, 5) is 11.8. The molecule has 1 aliphatic heterocycles. The molecule has 0 saturated heterocycles. The third kappa shape index (κ3) is 3.11. The molecule has 7 heteroatoms. The second kappa shape index (κ2) is 6.51. The number of aryl methyl sites for hydroxylation is 1. The van der Waals surface area contributed by atoms with Crippen molar-refractivity contribution in [2.45, 2.75) is 19.5 Å². The predicted octanol–water partition coefficient (Wildman–Crippen LogP) is 4.00. The Bertz CT molecular complexity index is 1020. The van der Waals surface area contributed by atoms with Crippen molar-refractivity contribution in [2.24, 2.45) is 9.98 Å². The lowest BCUT2D eigenvalue weighted by atomic mass is 10.2. The molecule has 2 aromatic carbocycles. The molecule has 1 atom stereocenters. The molecule has 2 heterocycles. The fourth-order valence-corrected chi connectivity index (χ4v) is 2.93. The van der Waals surface area contributed by atoms with Crippen molar-refractivity contribution < 1.29 is 9.50 Å². The van der Waals surface area contributed by atoms with Crippen molar-refractivity contribution in [3.8, 4) is 5.75 Å². The molecule has 26 heavy (non-hydrogen) atoms. The van der Waals surface area contributed by atoms with Crippen LogP contribution in [0.25, 0.3) is 10.9 Å². The van der Waals surface area contributed by atoms with Crippen molar-refractivity contribution in [3.63, 3.8) is 0 Å². The van der Waals surface area contributed by atoms with Crippen LogP contribution in [0.4, 0.5) is 15.8 Å². The van der Waals surface area contributed by atoms with Gasteiger partial charge in [0.05, 0.1) is 11.4 Å². The standard InChI is InChI=1S/C19H18FN5O/c1-11-10-12-13(22-11)6-7-15(18(12)20)23-17-8-9-21-19(25-17)24-14-4-2-3-5-16(14)26/h2-7,9-10,17,22-23,26H,8H2,1H3,(H,24,25). The average Bonchev–Trinajstić information content (AvgIpc) is 3.01. The number of hydrogen-bond donors (Lipinski definition) is 4. The average molecular weight is 351 g/mol. The first-order valence-corrected chi connectivity index (χ1v) is 8.30. The van der Waals surface area contributed by atoms with Crippen LogP contribution in [0, 0.1) is 12.7 Å². The number of nitrogens with zero attached hydrogens (tertiary/aromatic N) is 2. The first kappa shape index (κ1) is 16.1. The minimum absolute atomic E-state index is 0.111. The number of phenolic OH excluding ortho intramolecular Hbond substituents is 1. The van der Waals surface area contributed by atoms with Gasteiger partial charge in [-0.2, -0.15) is 0 Å². The molecule has 132 valence electrons. The number of guanidine groups is 1. The normalized spacial score (nSPS) is 16.5. The number of nitrogens with one attached hydrogen (secondary N) is 3. The third-order valence-corrected chi connectivity index (χ3v) is 4.17. The highest BCUT2D eigenvalue weighted by molar-refractivity contribution is 6.00. The fraction of sp³-hybridized carbons (Fsp3) is 0.158. The van der Waals surface area contributed by atoms with Gasteiger partial charge in [-0.05, 0) is 37.3 Å². The van der Waals surface area contributed by atoms with E-state index in [2.05, 4.69) is 25.6 Å². The Balaban J connectivity index is 1.55. The lowest BCUT2D eigenvalue weighted by molar-refractivity contribution is 0.478. The predicted molar refractivity (Wildman–Crippen MR) is 103 cm³/mol. The Morgan fingerprint density at radius 1 is 1.19 bits per heavy atom. The van der Waals surface area contributed by atoms with Gasteiger partial charge in [-0.25, -0.2) is 14.4 Å². The zero-order chi connectivity index (χ0) is 18.1. The van der Waals surface area contributed by atoms with Crippen molar-refractivity contribution in [1.82, 2.24) is 4.98 Å². The molecule has 1 aliphatic rings. The number of hydrogen-bond acceptors (Lipinski definition) is 5. The Kier molecular flexibility index (Phi) is 4.04. The summed E-state index contributed by atoms with van der Waals surface area (Å²) in [5.74, 6) is 0.161. The molecule has 0 saturated carbocycles. The van der Waals surface area contributed by atoms with E-state index in [0.717, 1.165) is 11.2 Å². The van der Waals surface area contributed by atoms with E-state index in [4.69, 9.17) is 0 Å². The van der Waals surface area contributed by atoms with Crippen LogP contribution in [0.1, 0.15) is 12.1 Å². The Morgan fingerprint density at radius 3 is 2.88 bits per heavy atom. The lowest BCUT2D eigenvalue weighted by Gasteiger charge is -2.19. The molecule has 0 bridgehead atoms. The molecule has 0 fully saturated rings. The molecule has 3 aromatic rings. The van der Waals surface area contributed by atoms with Crippen molar-refractivity contribution in [2.75, 3.05) is 10.6 Å². The molecule has 0 aliphatic carbocycles. The molecular weight excluding hydrogens is 333 g/mol. The van der Waals surface area contributed by atoms with Crippen LogP contribution in [0.15, 0.2) is 52.4 Å². The van der Waals surface area contributed by atoms with Gasteiger partial charge in [0, 0.05) is 29.2 Å². The molecule has 6 nitrogen and oxygen atoms in total. The van der Waals surface area contributed by atoms with Gasteiger partial charge in [0.25, 0.3) is 0 Å². The smallest absolute Gasteiger partial charge is 0.224 e. The van der Waals surface area contributed by atoms with Crippen LogP contribution in [0.5, 0.6) is 5.75 Å². The molecule has 1 aromatic heterocycles. The van der Waals surface area contributed by atoms with Gasteiger partial charge < -0.3 is 20.7 Å². The van der Waals surface area contributed by atoms with Crippen molar-refractivity contribution >= 4 is 34.5 Å². The number of anilines is 2. The maximum Gasteiger partial charge on any atom is 0.224 e. The molecule has 0 radical (unpaired) electrons. The summed E-state index contributed by atoms with van der Waals surface area (Å²) < 4.78 is 14.7. The summed E-state index contributed by atoms with van der Waals surface area (Å²) in [6, 6.07) is 12.2. The molecule has 1 unspecified atom stereocenters. The van der Waals surface area contributed by atoms with Crippen LogP contribution >= 0.6 is 0 Å². The molecule has 0 spiro atoms. The van der Waals surface area contributed by atoms with E-state index < -0.39 is 0 Å². The summed E-state index contributed by atoms with van der Waals surface area (Å²) in [7, 11) is 0. The molecule has 4 rings (SSSR count). The Labute approximate surface area is 149 Å². The highest BCUT2D eigenvalue weighted by atomic mass is 19.1. The van der Waals surface area contributed by atoms with Crippen molar-refractivity contribution in [1.29, 1.82) is 0 Å². The van der Waals surface area contributed by atoms with E-state index in [1.54, 1.807) is 42.6 Å². The van der Waals surface area contributed by atoms with Gasteiger partial charge in [0.15, 0.2) is 5.82 Å². The molecule has 4 N–H and O–H groups in total. The van der Waals surface area contributed by atoms with Crippen LogP contribution in [-0.4, -0.2) is 28.4 Å². The Morgan fingerprint density at radius 2 is 2.04 bits per heavy atom. The number of fused-ring (bicyclic) bond motifs is 1. The topological polar surface area (TPSA) is 84.8 Å². The van der Waals surface area contributed by atoms with Gasteiger partial charge in [-0.1, -0.05) is 12.1 Å². The van der Waals surface area contributed by atoms with Gasteiger partial charge in [0.1, 0.15) is 11.9 Å². The van der Waals surface area contributed by atoms with Crippen LogP contribution in [-0.2, 0) is 0 Å². The SMILES string of the molecule is Cc1cc2c(F)c(NC3CC=NC(Nc4ccccc4O)=N3)ccc2[nH]1. The maximum atomic E-state index is 14.7. The summed E-state index contributed by atoms with van der Waals surface area (Å²) in [5.41, 5.74) is 2.58. The second-order valence-electron chi connectivity index (χ2n) is 6.14. The maximum absolute atomic E-state index is 14.7. The highest BCUT2D eigenvalue weighted by Crippen LogP contribution is 2.27. The first-order valence-electron chi connectivity index (χ1n) is 8.30. The quantitative estimate of drug-likeness (QED) is 0.538. The highest BCUT2D eigenvalue weighted by Gasteiger charge is 2.16. The third-order valence-electron chi connectivity index (χ3n) is 4.17. The van der Waals surface area contributed by atoms with E-state index in [9.17, 15) is 9.50 Å². The summed E-state index contributed by atoms with van der Waals surface area (Å²) in [5, 5.41) is 16.5. The zero-order valence-electron chi connectivity index (χ0n) is 14.1. The van der Waals surface area contributed by atoms with E-state index in [1.807, 2.05) is 13.0 Å². The number of aromatic hydroxyl groups is 1. The van der Waals surface area contributed by atoms with E-state index in [1.165, 1.54) is 0 Å². The number of para-hydroxylation sites is 2. The van der Waals surface area contributed by atoms with Gasteiger partial charge >= 0.3 is 0 Å². The number of H-pyrrole nitrogens is 1. The van der Waals surface area contributed by atoms with Crippen LogP contribution in [0.3, 0.4) is 0 Å². The van der Waals surface area contributed by atoms with Crippen LogP contribution < -0.4 is 10.6 Å². The number of aromatic amines is 1. The summed E-state index contributed by atoms with van der Waals surface area (Å²) in [6.07, 6.45) is 1.90. The van der Waals surface area contributed by atoms with E-state index in [0.29, 0.717) is 29.1 Å². The summed E-state index contributed by atoms with van der Waals surface area (Å²) >= 11 is 0. The number of phenols is 1.